The number of carbonyl (C=O) groups is 1. The number of halogens is 1. The van der Waals surface area contributed by atoms with Crippen LogP contribution in [-0.4, -0.2) is 24.2 Å². The molecule has 4 N–H and O–H groups in total. The van der Waals surface area contributed by atoms with Crippen molar-refractivity contribution < 1.29 is 9.90 Å². The Morgan fingerprint density at radius 2 is 1.56 bits per heavy atom. The third-order valence-electron chi connectivity index (χ3n) is 4.41. The molecule has 0 aromatic heterocycles. The third-order valence-corrected chi connectivity index (χ3v) is 4.41. The number of hydrogen-bond donors (Lipinski definition) is 3. The molecule has 0 bridgehead atoms. The van der Waals surface area contributed by atoms with Gasteiger partial charge in [0.1, 0.15) is 0 Å². The molecule has 0 heterocycles. The van der Waals surface area contributed by atoms with Gasteiger partial charge in [-0.05, 0) is 17.5 Å². The maximum Gasteiger partial charge on any atom is 0.224 e. The topological polar surface area (TPSA) is 75.3 Å². The molecule has 4 nitrogen and oxygen atoms in total. The second kappa shape index (κ2) is 10.9. The Morgan fingerprint density at radius 3 is 2.08 bits per heavy atom. The fraction of sp³-hybridized carbons (Fsp3) is 0.350. The lowest BCUT2D eigenvalue weighted by molar-refractivity contribution is -0.125. The van der Waals surface area contributed by atoms with Crippen LogP contribution in [0.25, 0.3) is 0 Å². The molecular weight excluding hydrogens is 336 g/mol. The summed E-state index contributed by atoms with van der Waals surface area (Å²) in [5, 5.41) is 12.3. The van der Waals surface area contributed by atoms with Crippen molar-refractivity contribution in [1.82, 2.24) is 5.32 Å². The van der Waals surface area contributed by atoms with Crippen LogP contribution < -0.4 is 11.1 Å². The van der Waals surface area contributed by atoms with Crippen LogP contribution in [0.15, 0.2) is 60.7 Å². The van der Waals surface area contributed by atoms with E-state index in [1.807, 2.05) is 67.6 Å². The van der Waals surface area contributed by atoms with Crippen molar-refractivity contribution in [2.75, 3.05) is 13.2 Å². The van der Waals surface area contributed by atoms with E-state index in [-0.39, 0.29) is 42.8 Å². The Kier molecular flexibility index (Phi) is 9.21. The first-order valence-corrected chi connectivity index (χ1v) is 8.37. The number of carbonyl (C=O) groups excluding carboxylic acids is 1. The average Bonchev–Trinajstić information content (AvgIpc) is 2.65. The maximum atomic E-state index is 12.4. The predicted octanol–water partition coefficient (Wildman–Crippen LogP) is 3.03. The minimum Gasteiger partial charge on any atom is -0.396 e. The highest BCUT2D eigenvalue weighted by Gasteiger charge is 2.23. The molecule has 2 aromatic rings. The van der Waals surface area contributed by atoms with Gasteiger partial charge in [0.05, 0.1) is 5.92 Å². The van der Waals surface area contributed by atoms with E-state index < -0.39 is 0 Å². The monoisotopic (exact) mass is 362 g/mol. The molecule has 0 aliphatic carbocycles. The van der Waals surface area contributed by atoms with Gasteiger partial charge >= 0.3 is 0 Å². The summed E-state index contributed by atoms with van der Waals surface area (Å²) in [4.78, 5) is 12.4. The van der Waals surface area contributed by atoms with Crippen molar-refractivity contribution in [3.8, 4) is 0 Å². The Labute approximate surface area is 155 Å². The van der Waals surface area contributed by atoms with E-state index in [2.05, 4.69) is 5.32 Å². The lowest BCUT2D eigenvalue weighted by Gasteiger charge is -2.22. The smallest absolute Gasteiger partial charge is 0.224 e. The Hall–Kier alpha value is -1.88. The van der Waals surface area contributed by atoms with Crippen LogP contribution in [0.2, 0.25) is 0 Å². The Morgan fingerprint density at radius 1 is 1.04 bits per heavy atom. The van der Waals surface area contributed by atoms with Gasteiger partial charge in [0.2, 0.25) is 5.91 Å². The second-order valence-electron chi connectivity index (χ2n) is 6.09. The summed E-state index contributed by atoms with van der Waals surface area (Å²) in [5.41, 5.74) is 8.29. The van der Waals surface area contributed by atoms with E-state index >= 15 is 0 Å². The Bertz CT molecular complexity index is 622. The fourth-order valence-corrected chi connectivity index (χ4v) is 2.78. The molecule has 0 aliphatic rings. The van der Waals surface area contributed by atoms with Crippen LogP contribution in [0.1, 0.15) is 36.4 Å². The molecule has 0 saturated heterocycles. The van der Waals surface area contributed by atoms with E-state index in [0.717, 1.165) is 11.1 Å². The number of aliphatic hydroxyl groups is 1. The van der Waals surface area contributed by atoms with Crippen LogP contribution in [0.4, 0.5) is 0 Å². The summed E-state index contributed by atoms with van der Waals surface area (Å²) in [5.74, 6) is -0.288. The lowest BCUT2D eigenvalue weighted by atomic mass is 9.93. The third kappa shape index (κ3) is 6.16. The summed E-state index contributed by atoms with van der Waals surface area (Å²) in [6.45, 7) is 2.43. The largest absolute Gasteiger partial charge is 0.396 e. The van der Waals surface area contributed by atoms with Gasteiger partial charge in [-0.15, -0.1) is 12.4 Å². The van der Waals surface area contributed by atoms with Gasteiger partial charge < -0.3 is 16.2 Å². The summed E-state index contributed by atoms with van der Waals surface area (Å²) in [7, 11) is 0. The van der Waals surface area contributed by atoms with Crippen molar-refractivity contribution in [2.24, 2.45) is 11.7 Å². The van der Waals surface area contributed by atoms with Gasteiger partial charge in [-0.1, -0.05) is 67.6 Å². The minimum absolute atomic E-state index is 0. The molecule has 1 amide bonds. The van der Waals surface area contributed by atoms with Gasteiger partial charge in [-0.3, -0.25) is 4.79 Å². The molecule has 3 atom stereocenters. The van der Waals surface area contributed by atoms with Gasteiger partial charge in [0.15, 0.2) is 0 Å². The van der Waals surface area contributed by atoms with Crippen molar-refractivity contribution >= 4 is 18.3 Å². The second-order valence-corrected chi connectivity index (χ2v) is 6.09. The molecular formula is C20H27ClN2O2. The van der Waals surface area contributed by atoms with Crippen molar-refractivity contribution in [3.63, 3.8) is 0 Å². The highest BCUT2D eigenvalue weighted by Crippen LogP contribution is 2.21. The maximum absolute atomic E-state index is 12.4. The molecule has 2 aromatic carbocycles. The van der Waals surface area contributed by atoms with Crippen molar-refractivity contribution in [2.45, 2.75) is 25.3 Å². The number of amides is 1. The average molecular weight is 363 g/mol. The van der Waals surface area contributed by atoms with Crippen molar-refractivity contribution in [1.29, 1.82) is 0 Å². The molecule has 0 spiro atoms. The number of hydrogen-bond acceptors (Lipinski definition) is 3. The summed E-state index contributed by atoms with van der Waals surface area (Å²) in [6.07, 6.45) is 0.614. The first-order chi connectivity index (χ1) is 11.6. The van der Waals surface area contributed by atoms with Gasteiger partial charge in [0, 0.05) is 25.1 Å². The van der Waals surface area contributed by atoms with E-state index in [1.54, 1.807) is 0 Å². The van der Waals surface area contributed by atoms with Crippen LogP contribution in [-0.2, 0) is 4.79 Å². The first-order valence-electron chi connectivity index (χ1n) is 8.37. The van der Waals surface area contributed by atoms with Gasteiger partial charge in [-0.2, -0.15) is 0 Å². The van der Waals surface area contributed by atoms with Crippen molar-refractivity contribution in [3.05, 3.63) is 71.8 Å². The zero-order valence-corrected chi connectivity index (χ0v) is 15.3. The molecule has 0 fully saturated rings. The molecule has 136 valence electrons. The number of rotatable bonds is 8. The zero-order chi connectivity index (χ0) is 17.4. The first kappa shape index (κ1) is 21.2. The number of nitrogens with two attached hydrogens (primary N) is 1. The standard InChI is InChI=1S/C20H26N2O2.ClH/c1-15(19(21)17-10-6-3-7-11-17)20(24)22-14-18(12-13-23)16-8-4-2-5-9-16;/h2-11,15,18-19,23H,12-14,21H2,1H3,(H,22,24);1H. The van der Waals surface area contributed by atoms with E-state index in [1.165, 1.54) is 0 Å². The van der Waals surface area contributed by atoms with Crippen LogP contribution in [0.5, 0.6) is 0 Å². The summed E-state index contributed by atoms with van der Waals surface area (Å²) in [6, 6.07) is 19.2. The highest BCUT2D eigenvalue weighted by molar-refractivity contribution is 5.85. The minimum atomic E-state index is -0.334. The highest BCUT2D eigenvalue weighted by atomic mass is 35.5. The fourth-order valence-electron chi connectivity index (χ4n) is 2.78. The molecule has 25 heavy (non-hydrogen) atoms. The Balaban J connectivity index is 0.00000312. The number of aliphatic hydroxyl groups excluding tert-OH is 1. The van der Waals surface area contributed by atoms with E-state index in [0.29, 0.717) is 13.0 Å². The number of benzene rings is 2. The predicted molar refractivity (Wildman–Crippen MR) is 104 cm³/mol. The van der Waals surface area contributed by atoms with Crippen LogP contribution in [0, 0.1) is 5.92 Å². The van der Waals surface area contributed by atoms with Crippen LogP contribution >= 0.6 is 12.4 Å². The number of nitrogens with one attached hydrogen (secondary N) is 1. The lowest BCUT2D eigenvalue weighted by Crippen LogP contribution is -2.37. The SMILES string of the molecule is CC(C(=O)NCC(CCO)c1ccccc1)C(N)c1ccccc1.Cl. The van der Waals surface area contributed by atoms with E-state index in [9.17, 15) is 9.90 Å². The quantitative estimate of drug-likeness (QED) is 0.675. The normalized spacial score (nSPS) is 14.0. The summed E-state index contributed by atoms with van der Waals surface area (Å²) >= 11 is 0. The molecule has 3 unspecified atom stereocenters. The molecule has 5 heteroatoms. The zero-order valence-electron chi connectivity index (χ0n) is 14.5. The van der Waals surface area contributed by atoms with Gasteiger partial charge in [-0.25, -0.2) is 0 Å². The molecule has 2 rings (SSSR count). The van der Waals surface area contributed by atoms with Crippen LogP contribution in [0.3, 0.4) is 0 Å². The molecule has 0 radical (unpaired) electrons. The summed E-state index contributed by atoms with van der Waals surface area (Å²) < 4.78 is 0. The molecule has 0 aliphatic heterocycles. The van der Waals surface area contributed by atoms with E-state index in [4.69, 9.17) is 5.73 Å². The van der Waals surface area contributed by atoms with Gasteiger partial charge in [0.25, 0.3) is 0 Å². The molecule has 0 saturated carbocycles.